The van der Waals surface area contributed by atoms with E-state index in [0.29, 0.717) is 26.1 Å². The maximum atomic E-state index is 12.4. The van der Waals surface area contributed by atoms with Gasteiger partial charge in [-0.05, 0) is 37.0 Å². The summed E-state index contributed by atoms with van der Waals surface area (Å²) in [6, 6.07) is 16.1. The number of amides is 2. The number of nitrogens with one attached hydrogen (secondary N) is 1. The molecular weight excluding hydrogens is 350 g/mol. The van der Waals surface area contributed by atoms with Gasteiger partial charge in [0, 0.05) is 38.3 Å². The molecule has 0 aromatic heterocycles. The summed E-state index contributed by atoms with van der Waals surface area (Å²) in [6.07, 6.45) is 1.31. The van der Waals surface area contributed by atoms with Gasteiger partial charge in [-0.3, -0.25) is 14.5 Å². The van der Waals surface area contributed by atoms with Crippen molar-refractivity contribution in [2.75, 3.05) is 38.0 Å². The molecule has 5 nitrogen and oxygen atoms in total. The Kier molecular flexibility index (Phi) is 6.82. The van der Waals surface area contributed by atoms with Crippen molar-refractivity contribution in [3.63, 3.8) is 0 Å². The number of aryl methyl sites for hydroxylation is 3. The van der Waals surface area contributed by atoms with E-state index in [1.807, 2.05) is 55.1 Å². The van der Waals surface area contributed by atoms with Crippen LogP contribution in [0.5, 0.6) is 0 Å². The third-order valence-corrected chi connectivity index (χ3v) is 5.31. The number of rotatable bonds is 6. The van der Waals surface area contributed by atoms with Crippen molar-refractivity contribution in [3.8, 4) is 0 Å². The standard InChI is InChI=1S/C23H29N3O2/c1-18-7-6-8-19(2)23(18)24-21(27)17-25-13-15-26(16-14-25)22(28)12-11-20-9-4-3-5-10-20/h3-10H,11-17H2,1-2H3,(H,24,27). The lowest BCUT2D eigenvalue weighted by atomic mass is 10.1. The van der Waals surface area contributed by atoms with Gasteiger partial charge in [-0.15, -0.1) is 0 Å². The van der Waals surface area contributed by atoms with Crippen molar-refractivity contribution in [2.24, 2.45) is 0 Å². The fourth-order valence-corrected chi connectivity index (χ4v) is 3.60. The monoisotopic (exact) mass is 379 g/mol. The summed E-state index contributed by atoms with van der Waals surface area (Å²) in [6.45, 7) is 7.20. The van der Waals surface area contributed by atoms with Crippen LogP contribution in [0.25, 0.3) is 0 Å². The highest BCUT2D eigenvalue weighted by Crippen LogP contribution is 2.19. The molecule has 3 rings (SSSR count). The van der Waals surface area contributed by atoms with Crippen molar-refractivity contribution < 1.29 is 9.59 Å². The first-order valence-electron chi connectivity index (χ1n) is 9.93. The molecule has 2 aromatic carbocycles. The Morgan fingerprint density at radius 3 is 2.18 bits per heavy atom. The first-order chi connectivity index (χ1) is 13.5. The van der Waals surface area contributed by atoms with Gasteiger partial charge in [-0.1, -0.05) is 48.5 Å². The van der Waals surface area contributed by atoms with E-state index in [1.165, 1.54) is 5.56 Å². The van der Waals surface area contributed by atoms with Crippen molar-refractivity contribution >= 4 is 17.5 Å². The molecule has 0 spiro atoms. The number of benzene rings is 2. The van der Waals surface area contributed by atoms with Crippen molar-refractivity contribution in [3.05, 3.63) is 65.2 Å². The topological polar surface area (TPSA) is 52.7 Å². The minimum atomic E-state index is 0.00116. The summed E-state index contributed by atoms with van der Waals surface area (Å²) in [5.74, 6) is 0.199. The lowest BCUT2D eigenvalue weighted by Crippen LogP contribution is -2.50. The molecule has 0 atom stereocenters. The summed E-state index contributed by atoms with van der Waals surface area (Å²) < 4.78 is 0. The molecule has 0 saturated carbocycles. The summed E-state index contributed by atoms with van der Waals surface area (Å²) >= 11 is 0. The number of para-hydroxylation sites is 1. The third-order valence-electron chi connectivity index (χ3n) is 5.31. The molecule has 5 heteroatoms. The van der Waals surface area contributed by atoms with Gasteiger partial charge in [0.15, 0.2) is 0 Å². The van der Waals surface area contributed by atoms with Gasteiger partial charge in [-0.25, -0.2) is 0 Å². The second-order valence-electron chi connectivity index (χ2n) is 7.46. The zero-order chi connectivity index (χ0) is 19.9. The first-order valence-corrected chi connectivity index (χ1v) is 9.93. The number of anilines is 1. The van der Waals surface area contributed by atoms with E-state index in [1.54, 1.807) is 0 Å². The Bertz CT molecular complexity index is 792. The maximum Gasteiger partial charge on any atom is 0.238 e. The highest BCUT2D eigenvalue weighted by atomic mass is 16.2. The maximum absolute atomic E-state index is 12.4. The van der Waals surface area contributed by atoms with Crippen LogP contribution in [0, 0.1) is 13.8 Å². The van der Waals surface area contributed by atoms with Crippen LogP contribution < -0.4 is 5.32 Å². The van der Waals surface area contributed by atoms with E-state index < -0.39 is 0 Å². The Labute approximate surface area is 167 Å². The molecule has 0 unspecified atom stereocenters. The average molecular weight is 380 g/mol. The fraction of sp³-hybridized carbons (Fsp3) is 0.391. The van der Waals surface area contributed by atoms with Crippen LogP contribution in [0.1, 0.15) is 23.1 Å². The molecule has 1 saturated heterocycles. The highest BCUT2D eigenvalue weighted by Gasteiger charge is 2.22. The van der Waals surface area contributed by atoms with Gasteiger partial charge in [0.25, 0.3) is 0 Å². The summed E-state index contributed by atoms with van der Waals surface area (Å²) in [7, 11) is 0. The van der Waals surface area contributed by atoms with Gasteiger partial charge in [0.2, 0.25) is 11.8 Å². The molecule has 148 valence electrons. The molecule has 0 radical (unpaired) electrons. The van der Waals surface area contributed by atoms with Crippen molar-refractivity contribution in [2.45, 2.75) is 26.7 Å². The van der Waals surface area contributed by atoms with Gasteiger partial charge in [0.1, 0.15) is 0 Å². The molecule has 0 aliphatic carbocycles. The number of piperazine rings is 1. The van der Waals surface area contributed by atoms with E-state index in [4.69, 9.17) is 0 Å². The van der Waals surface area contributed by atoms with Crippen molar-refractivity contribution in [1.29, 1.82) is 0 Å². The van der Waals surface area contributed by atoms with E-state index in [9.17, 15) is 9.59 Å². The molecule has 2 aromatic rings. The van der Waals surface area contributed by atoms with Crippen molar-refractivity contribution in [1.82, 2.24) is 9.80 Å². The Balaban J connectivity index is 1.42. The van der Waals surface area contributed by atoms with E-state index in [-0.39, 0.29) is 11.8 Å². The first kappa shape index (κ1) is 20.1. The predicted octanol–water partition coefficient (Wildman–Crippen LogP) is 3.02. The zero-order valence-corrected chi connectivity index (χ0v) is 16.8. The molecule has 1 heterocycles. The normalized spacial score (nSPS) is 14.7. The van der Waals surface area contributed by atoms with Gasteiger partial charge in [0.05, 0.1) is 6.54 Å². The molecular formula is C23H29N3O2. The van der Waals surface area contributed by atoms with Gasteiger partial charge < -0.3 is 10.2 Å². The van der Waals surface area contributed by atoms with E-state index in [0.717, 1.165) is 36.3 Å². The Hall–Kier alpha value is -2.66. The molecule has 1 N–H and O–H groups in total. The largest absolute Gasteiger partial charge is 0.340 e. The third kappa shape index (κ3) is 5.42. The van der Waals surface area contributed by atoms with Crippen LogP contribution in [0.2, 0.25) is 0 Å². The van der Waals surface area contributed by atoms with E-state index in [2.05, 4.69) is 22.3 Å². The smallest absolute Gasteiger partial charge is 0.238 e. The van der Waals surface area contributed by atoms with Gasteiger partial charge >= 0.3 is 0 Å². The van der Waals surface area contributed by atoms with Crippen LogP contribution >= 0.6 is 0 Å². The molecule has 1 fully saturated rings. The number of hydrogen-bond acceptors (Lipinski definition) is 3. The number of hydrogen-bond donors (Lipinski definition) is 1. The molecule has 1 aliphatic rings. The SMILES string of the molecule is Cc1cccc(C)c1NC(=O)CN1CCN(C(=O)CCc2ccccc2)CC1. The lowest BCUT2D eigenvalue weighted by molar-refractivity contribution is -0.133. The Morgan fingerprint density at radius 2 is 1.54 bits per heavy atom. The molecule has 2 amide bonds. The second-order valence-corrected chi connectivity index (χ2v) is 7.46. The van der Waals surface area contributed by atoms with Crippen LogP contribution in [-0.2, 0) is 16.0 Å². The second kappa shape index (κ2) is 9.51. The van der Waals surface area contributed by atoms with Crippen LogP contribution in [0.15, 0.2) is 48.5 Å². The number of carbonyl (C=O) groups is 2. The Morgan fingerprint density at radius 1 is 0.893 bits per heavy atom. The average Bonchev–Trinajstić information content (AvgIpc) is 2.70. The lowest BCUT2D eigenvalue weighted by Gasteiger charge is -2.34. The number of nitrogens with zero attached hydrogens (tertiary/aromatic N) is 2. The predicted molar refractivity (Wildman–Crippen MR) is 112 cm³/mol. The minimum absolute atomic E-state index is 0.00116. The van der Waals surface area contributed by atoms with E-state index >= 15 is 0 Å². The highest BCUT2D eigenvalue weighted by molar-refractivity contribution is 5.93. The fourth-order valence-electron chi connectivity index (χ4n) is 3.60. The zero-order valence-electron chi connectivity index (χ0n) is 16.8. The van der Waals surface area contributed by atoms with Gasteiger partial charge in [-0.2, -0.15) is 0 Å². The molecule has 0 bridgehead atoms. The van der Waals surface area contributed by atoms with Crippen LogP contribution in [-0.4, -0.2) is 54.3 Å². The molecule has 1 aliphatic heterocycles. The summed E-state index contributed by atoms with van der Waals surface area (Å²) in [5, 5.41) is 3.04. The molecule has 28 heavy (non-hydrogen) atoms. The van der Waals surface area contributed by atoms with Crippen LogP contribution in [0.4, 0.5) is 5.69 Å². The summed E-state index contributed by atoms with van der Waals surface area (Å²) in [4.78, 5) is 28.9. The quantitative estimate of drug-likeness (QED) is 0.839. The number of carbonyl (C=O) groups excluding carboxylic acids is 2. The summed E-state index contributed by atoms with van der Waals surface area (Å²) in [5.41, 5.74) is 4.24. The van der Waals surface area contributed by atoms with Crippen LogP contribution in [0.3, 0.4) is 0 Å². The minimum Gasteiger partial charge on any atom is -0.340 e.